The van der Waals surface area contributed by atoms with Gasteiger partial charge in [-0.2, -0.15) is 0 Å². The van der Waals surface area contributed by atoms with Gasteiger partial charge in [-0.15, -0.1) is 10.2 Å². The van der Waals surface area contributed by atoms with Crippen molar-refractivity contribution in [2.45, 2.75) is 38.3 Å². The quantitative estimate of drug-likeness (QED) is 0.692. The first-order valence-electron chi connectivity index (χ1n) is 5.00. The van der Waals surface area contributed by atoms with Crippen molar-refractivity contribution in [1.29, 1.82) is 0 Å². The van der Waals surface area contributed by atoms with Crippen LogP contribution in [-0.2, 0) is 6.54 Å². The molecular formula is C9H14N4. The molecule has 1 aromatic rings. The second-order valence-electron chi connectivity index (χ2n) is 4.10. The van der Waals surface area contributed by atoms with Crippen LogP contribution in [0.3, 0.4) is 0 Å². The number of rotatable bonds is 1. The predicted molar refractivity (Wildman–Crippen MR) is 48.4 cm³/mol. The molecule has 4 heteroatoms. The van der Waals surface area contributed by atoms with Crippen molar-refractivity contribution < 1.29 is 0 Å². The summed E-state index contributed by atoms with van der Waals surface area (Å²) in [5.41, 5.74) is 0. The van der Waals surface area contributed by atoms with E-state index < -0.39 is 0 Å². The Bertz CT molecular complexity index is 326. The summed E-state index contributed by atoms with van der Waals surface area (Å²) >= 11 is 0. The Morgan fingerprint density at radius 3 is 3.00 bits per heavy atom. The molecule has 4 nitrogen and oxygen atoms in total. The molecule has 2 heterocycles. The molecule has 3 rings (SSSR count). The molecule has 1 aromatic heterocycles. The van der Waals surface area contributed by atoms with Crippen molar-refractivity contribution in [2.75, 3.05) is 6.54 Å². The third-order valence-corrected chi connectivity index (χ3v) is 2.90. The molecule has 2 aliphatic rings. The Labute approximate surface area is 77.4 Å². The van der Waals surface area contributed by atoms with Crippen LogP contribution in [0, 0.1) is 0 Å². The Balaban J connectivity index is 2.06. The monoisotopic (exact) mass is 178 g/mol. The minimum absolute atomic E-state index is 0.523. The smallest absolute Gasteiger partial charge is 0.147 e. The summed E-state index contributed by atoms with van der Waals surface area (Å²) < 4.78 is 2.33. The van der Waals surface area contributed by atoms with Gasteiger partial charge in [0.2, 0.25) is 0 Å². The van der Waals surface area contributed by atoms with E-state index in [0.717, 1.165) is 18.9 Å². The minimum Gasteiger partial charge on any atom is -0.310 e. The Kier molecular flexibility index (Phi) is 1.47. The number of hydrogen-bond donors (Lipinski definition) is 1. The van der Waals surface area contributed by atoms with Crippen molar-refractivity contribution >= 4 is 0 Å². The molecule has 1 aliphatic carbocycles. The van der Waals surface area contributed by atoms with E-state index in [1.807, 2.05) is 0 Å². The highest BCUT2D eigenvalue weighted by molar-refractivity contribution is 5.11. The summed E-state index contributed by atoms with van der Waals surface area (Å²) in [5, 5.41) is 11.8. The van der Waals surface area contributed by atoms with Crippen molar-refractivity contribution in [3.63, 3.8) is 0 Å². The standard InChI is InChI=1S/C9H14N4/c1-6-4-10-5-8-11-12-9(13(6)8)7-2-3-7/h6-7,10H,2-5H2,1H3/t6-/m0/s1. The van der Waals surface area contributed by atoms with Gasteiger partial charge in [-0.3, -0.25) is 0 Å². The van der Waals surface area contributed by atoms with Crippen molar-refractivity contribution in [1.82, 2.24) is 20.1 Å². The molecule has 13 heavy (non-hydrogen) atoms. The van der Waals surface area contributed by atoms with E-state index in [9.17, 15) is 0 Å². The van der Waals surface area contributed by atoms with Crippen LogP contribution < -0.4 is 5.32 Å². The SMILES string of the molecule is C[C@H]1CNCc2nnc(C3CC3)n21. The second-order valence-corrected chi connectivity index (χ2v) is 4.10. The van der Waals surface area contributed by atoms with Gasteiger partial charge in [-0.25, -0.2) is 0 Å². The molecule has 1 saturated carbocycles. The zero-order valence-electron chi connectivity index (χ0n) is 7.82. The summed E-state index contributed by atoms with van der Waals surface area (Å²) in [5.74, 6) is 3.05. The Hall–Kier alpha value is -0.900. The van der Waals surface area contributed by atoms with E-state index >= 15 is 0 Å². The molecule has 1 N–H and O–H groups in total. The largest absolute Gasteiger partial charge is 0.310 e. The molecule has 0 saturated heterocycles. The van der Waals surface area contributed by atoms with Gasteiger partial charge in [0.25, 0.3) is 0 Å². The van der Waals surface area contributed by atoms with E-state index in [1.165, 1.54) is 18.7 Å². The summed E-state index contributed by atoms with van der Waals surface area (Å²) in [4.78, 5) is 0. The lowest BCUT2D eigenvalue weighted by Gasteiger charge is -2.23. The van der Waals surface area contributed by atoms with Gasteiger partial charge in [-0.05, 0) is 19.8 Å². The van der Waals surface area contributed by atoms with Gasteiger partial charge < -0.3 is 9.88 Å². The van der Waals surface area contributed by atoms with E-state index in [4.69, 9.17) is 0 Å². The molecule has 1 aliphatic heterocycles. The normalized spacial score (nSPS) is 27.3. The molecule has 1 atom stereocenters. The van der Waals surface area contributed by atoms with E-state index in [0.29, 0.717) is 12.0 Å². The van der Waals surface area contributed by atoms with Crippen molar-refractivity contribution in [3.8, 4) is 0 Å². The summed E-state index contributed by atoms with van der Waals surface area (Å²) in [7, 11) is 0. The fraction of sp³-hybridized carbons (Fsp3) is 0.778. The zero-order chi connectivity index (χ0) is 8.84. The molecule has 0 aromatic carbocycles. The highest BCUT2D eigenvalue weighted by atomic mass is 15.3. The lowest BCUT2D eigenvalue weighted by Crippen LogP contribution is -2.32. The molecule has 0 radical (unpaired) electrons. The van der Waals surface area contributed by atoms with Crippen molar-refractivity contribution in [3.05, 3.63) is 11.6 Å². The van der Waals surface area contributed by atoms with E-state index in [1.54, 1.807) is 0 Å². The fourth-order valence-corrected chi connectivity index (χ4v) is 2.04. The summed E-state index contributed by atoms with van der Waals surface area (Å²) in [6, 6.07) is 0.523. The number of nitrogens with one attached hydrogen (secondary N) is 1. The van der Waals surface area contributed by atoms with Gasteiger partial charge in [0.15, 0.2) is 0 Å². The zero-order valence-corrected chi connectivity index (χ0v) is 7.82. The van der Waals surface area contributed by atoms with Crippen LogP contribution in [0.5, 0.6) is 0 Å². The Morgan fingerprint density at radius 1 is 1.38 bits per heavy atom. The first-order valence-corrected chi connectivity index (χ1v) is 5.00. The average Bonchev–Trinajstić information content (AvgIpc) is 2.87. The maximum absolute atomic E-state index is 4.28. The lowest BCUT2D eigenvalue weighted by molar-refractivity contribution is 0.411. The van der Waals surface area contributed by atoms with Crippen LogP contribution in [-0.4, -0.2) is 21.3 Å². The highest BCUT2D eigenvalue weighted by Crippen LogP contribution is 2.40. The predicted octanol–water partition coefficient (Wildman–Crippen LogP) is 0.820. The first kappa shape index (κ1) is 7.50. The molecule has 0 unspecified atom stereocenters. The summed E-state index contributed by atoms with van der Waals surface area (Å²) in [6.45, 7) is 4.15. The number of fused-ring (bicyclic) bond motifs is 1. The van der Waals surface area contributed by atoms with Gasteiger partial charge in [0, 0.05) is 18.5 Å². The van der Waals surface area contributed by atoms with Gasteiger partial charge in [-0.1, -0.05) is 0 Å². The van der Waals surface area contributed by atoms with Crippen LogP contribution in [0.25, 0.3) is 0 Å². The Morgan fingerprint density at radius 2 is 2.23 bits per heavy atom. The highest BCUT2D eigenvalue weighted by Gasteiger charge is 2.32. The number of aromatic nitrogens is 3. The fourth-order valence-electron chi connectivity index (χ4n) is 2.04. The van der Waals surface area contributed by atoms with Gasteiger partial charge >= 0.3 is 0 Å². The molecular weight excluding hydrogens is 164 g/mol. The van der Waals surface area contributed by atoms with Crippen molar-refractivity contribution in [2.24, 2.45) is 0 Å². The second kappa shape index (κ2) is 2.54. The first-order chi connectivity index (χ1) is 6.36. The molecule has 70 valence electrons. The topological polar surface area (TPSA) is 42.7 Å². The summed E-state index contributed by atoms with van der Waals surface area (Å²) in [6.07, 6.45) is 2.61. The lowest BCUT2D eigenvalue weighted by atomic mass is 10.2. The minimum atomic E-state index is 0.523. The van der Waals surface area contributed by atoms with Crippen LogP contribution in [0.15, 0.2) is 0 Å². The van der Waals surface area contributed by atoms with Crippen LogP contribution in [0.1, 0.15) is 43.4 Å². The third-order valence-electron chi connectivity index (χ3n) is 2.90. The number of nitrogens with zero attached hydrogens (tertiary/aromatic N) is 3. The molecule has 1 fully saturated rings. The maximum atomic E-state index is 4.28. The number of hydrogen-bond acceptors (Lipinski definition) is 3. The van der Waals surface area contributed by atoms with Gasteiger partial charge in [0.1, 0.15) is 11.6 Å². The molecule has 0 spiro atoms. The molecule has 0 amide bonds. The van der Waals surface area contributed by atoms with E-state index in [2.05, 4.69) is 27.0 Å². The van der Waals surface area contributed by atoms with E-state index in [-0.39, 0.29) is 0 Å². The van der Waals surface area contributed by atoms with Crippen LogP contribution in [0.4, 0.5) is 0 Å². The van der Waals surface area contributed by atoms with Crippen LogP contribution in [0.2, 0.25) is 0 Å². The third kappa shape index (κ3) is 1.09. The maximum Gasteiger partial charge on any atom is 0.147 e. The van der Waals surface area contributed by atoms with Gasteiger partial charge in [0.05, 0.1) is 6.54 Å². The molecule has 0 bridgehead atoms. The van der Waals surface area contributed by atoms with Crippen LogP contribution >= 0.6 is 0 Å². The average molecular weight is 178 g/mol.